The van der Waals surface area contributed by atoms with Crippen molar-refractivity contribution in [3.05, 3.63) is 12.3 Å². The highest BCUT2D eigenvalue weighted by Gasteiger charge is 2.47. The highest BCUT2D eigenvalue weighted by Crippen LogP contribution is 2.25. The van der Waals surface area contributed by atoms with Crippen LogP contribution in [0.5, 0.6) is 0 Å². The molecule has 1 aliphatic heterocycles. The highest BCUT2D eigenvalue weighted by atomic mass is 17.2. The van der Waals surface area contributed by atoms with E-state index in [1.54, 1.807) is 0 Å². The molecule has 0 amide bonds. The molecule has 0 aromatic heterocycles. The third kappa shape index (κ3) is 4.65. The van der Waals surface area contributed by atoms with Crippen LogP contribution < -0.4 is 0 Å². The average molecular weight is 296 g/mol. The van der Waals surface area contributed by atoms with E-state index in [4.69, 9.17) is 24.4 Å². The lowest BCUT2D eigenvalue weighted by atomic mass is 9.99. The Morgan fingerprint density at radius 1 is 1.15 bits per heavy atom. The number of aliphatic hydroxyl groups is 3. The van der Waals surface area contributed by atoms with Gasteiger partial charge in [-0.2, -0.15) is 0 Å². The monoisotopic (exact) mass is 296 g/mol. The van der Waals surface area contributed by atoms with Crippen molar-refractivity contribution in [2.24, 2.45) is 0 Å². The lowest BCUT2D eigenvalue weighted by Gasteiger charge is -2.40. The van der Waals surface area contributed by atoms with E-state index in [1.807, 2.05) is 0 Å². The third-order valence-corrected chi connectivity index (χ3v) is 2.63. The van der Waals surface area contributed by atoms with Crippen LogP contribution in [0.1, 0.15) is 0 Å². The van der Waals surface area contributed by atoms with E-state index in [9.17, 15) is 10.2 Å². The van der Waals surface area contributed by atoms with Gasteiger partial charge in [-0.05, 0) is 6.08 Å². The van der Waals surface area contributed by atoms with E-state index < -0.39 is 30.7 Å². The van der Waals surface area contributed by atoms with Gasteiger partial charge in [0, 0.05) is 0 Å². The lowest BCUT2D eigenvalue weighted by Crippen LogP contribution is -2.60. The lowest BCUT2D eigenvalue weighted by molar-refractivity contribution is -0.400. The van der Waals surface area contributed by atoms with E-state index in [2.05, 4.69) is 9.78 Å². The summed E-state index contributed by atoms with van der Waals surface area (Å²) in [5, 5.41) is 28.5. The zero-order valence-corrected chi connectivity index (χ0v) is 11.2. The van der Waals surface area contributed by atoms with Crippen LogP contribution in [0.3, 0.4) is 0 Å². The van der Waals surface area contributed by atoms with Crippen LogP contribution in [0, 0.1) is 0 Å². The molecule has 0 aromatic carbocycles. The summed E-state index contributed by atoms with van der Waals surface area (Å²) in [6.07, 6.45) is -2.98. The summed E-state index contributed by atoms with van der Waals surface area (Å²) in [6.45, 7) is -0.300. The number of hydrogen-bond acceptors (Lipinski definition) is 9. The van der Waals surface area contributed by atoms with Gasteiger partial charge in [0.1, 0.15) is 18.8 Å². The Hall–Kier alpha value is -0.780. The summed E-state index contributed by atoms with van der Waals surface area (Å²) < 4.78 is 10.5. The third-order valence-electron chi connectivity index (χ3n) is 2.63. The molecule has 9 heteroatoms. The minimum Gasteiger partial charge on any atom is -0.493 e. The number of aliphatic hydroxyl groups excluding tert-OH is 3. The molecule has 3 N–H and O–H groups in total. The first kappa shape index (κ1) is 17.3. The minimum atomic E-state index is -1.42. The Labute approximate surface area is 116 Å². The van der Waals surface area contributed by atoms with Crippen LogP contribution in [0.15, 0.2) is 12.3 Å². The van der Waals surface area contributed by atoms with Crippen molar-refractivity contribution in [3.8, 4) is 0 Å². The number of rotatable bonds is 8. The minimum absolute atomic E-state index is 0.0814. The molecule has 20 heavy (non-hydrogen) atoms. The van der Waals surface area contributed by atoms with Gasteiger partial charge in [-0.3, -0.25) is 0 Å². The zero-order valence-electron chi connectivity index (χ0n) is 11.2. The Balaban J connectivity index is 2.74. The average Bonchev–Trinajstić information content (AvgIpc) is 2.44. The predicted octanol–water partition coefficient (Wildman–Crippen LogP) is -1.52. The van der Waals surface area contributed by atoms with Gasteiger partial charge >= 0.3 is 0 Å². The molecule has 0 aliphatic carbocycles. The van der Waals surface area contributed by atoms with Crippen LogP contribution in [0.4, 0.5) is 0 Å². The zero-order chi connectivity index (χ0) is 15.0. The summed E-state index contributed by atoms with van der Waals surface area (Å²) in [5.74, 6) is 0. The predicted molar refractivity (Wildman–Crippen MR) is 62.8 cm³/mol. The van der Waals surface area contributed by atoms with Crippen molar-refractivity contribution in [2.75, 3.05) is 27.4 Å². The summed E-state index contributed by atoms with van der Waals surface area (Å²) in [4.78, 5) is 18.4. The second-order valence-corrected chi connectivity index (χ2v) is 3.89. The van der Waals surface area contributed by atoms with Gasteiger partial charge in [0.05, 0.1) is 27.1 Å². The maximum Gasteiger partial charge on any atom is 0.187 e. The Morgan fingerprint density at radius 2 is 1.90 bits per heavy atom. The molecule has 0 saturated carbocycles. The van der Waals surface area contributed by atoms with Gasteiger partial charge in [0.25, 0.3) is 0 Å². The Kier molecular flexibility index (Phi) is 7.95. The van der Waals surface area contributed by atoms with Gasteiger partial charge in [0.15, 0.2) is 18.5 Å². The van der Waals surface area contributed by atoms with E-state index in [-0.39, 0.29) is 13.2 Å². The fourth-order valence-corrected chi connectivity index (χ4v) is 1.75. The molecule has 0 spiro atoms. The molecule has 1 aliphatic rings. The van der Waals surface area contributed by atoms with Crippen molar-refractivity contribution in [3.63, 3.8) is 0 Å². The van der Waals surface area contributed by atoms with Crippen LogP contribution in [0.2, 0.25) is 0 Å². The van der Waals surface area contributed by atoms with Crippen molar-refractivity contribution in [1.29, 1.82) is 0 Å². The molecule has 1 fully saturated rings. The molecule has 0 radical (unpaired) electrons. The van der Waals surface area contributed by atoms with Gasteiger partial charge in [-0.1, -0.05) is 0 Å². The van der Waals surface area contributed by atoms with Gasteiger partial charge in [0.2, 0.25) is 0 Å². The molecule has 5 atom stereocenters. The van der Waals surface area contributed by atoms with Crippen LogP contribution in [0.25, 0.3) is 0 Å². The second kappa shape index (κ2) is 9.21. The molecular formula is C11H20O9. The summed E-state index contributed by atoms with van der Waals surface area (Å²) >= 11 is 0. The Bertz CT molecular complexity index is 283. The van der Waals surface area contributed by atoms with Crippen molar-refractivity contribution in [2.45, 2.75) is 30.7 Å². The van der Waals surface area contributed by atoms with Crippen molar-refractivity contribution in [1.82, 2.24) is 0 Å². The maximum absolute atomic E-state index is 10.1. The molecule has 9 nitrogen and oxygen atoms in total. The fourth-order valence-electron chi connectivity index (χ4n) is 1.75. The maximum atomic E-state index is 10.1. The SMILES string of the molecule is COOC[C@H]1O[C@@H](O)[C@H](OOC)[C@@H](O)[C@@H]1O/C=C/CO. The number of hydrogen-bond donors (Lipinski definition) is 3. The topological polar surface area (TPSA) is 116 Å². The number of ether oxygens (including phenoxy) is 2. The molecule has 1 heterocycles. The van der Waals surface area contributed by atoms with E-state index in [1.165, 1.54) is 26.6 Å². The van der Waals surface area contributed by atoms with E-state index in [0.29, 0.717) is 0 Å². The molecule has 0 aromatic rings. The van der Waals surface area contributed by atoms with Crippen molar-refractivity contribution < 1.29 is 44.3 Å². The molecular weight excluding hydrogens is 276 g/mol. The van der Waals surface area contributed by atoms with Crippen LogP contribution in [-0.2, 0) is 29.0 Å². The van der Waals surface area contributed by atoms with Gasteiger partial charge in [-0.15, -0.1) is 0 Å². The van der Waals surface area contributed by atoms with E-state index >= 15 is 0 Å². The summed E-state index contributed by atoms with van der Waals surface area (Å²) in [5.41, 5.74) is 0. The van der Waals surface area contributed by atoms with Gasteiger partial charge < -0.3 is 24.8 Å². The highest BCUT2D eigenvalue weighted by molar-refractivity contribution is 4.92. The largest absolute Gasteiger partial charge is 0.493 e. The molecule has 1 saturated heterocycles. The first-order chi connectivity index (χ1) is 9.65. The normalized spacial score (nSPS) is 34.5. The summed E-state index contributed by atoms with van der Waals surface area (Å²) in [6, 6.07) is 0. The fraction of sp³-hybridized carbons (Fsp3) is 0.818. The smallest absolute Gasteiger partial charge is 0.187 e. The van der Waals surface area contributed by atoms with Crippen LogP contribution in [-0.4, -0.2) is 73.5 Å². The van der Waals surface area contributed by atoms with Crippen molar-refractivity contribution >= 4 is 0 Å². The quantitative estimate of drug-likeness (QED) is 0.279. The second-order valence-electron chi connectivity index (χ2n) is 3.89. The van der Waals surface area contributed by atoms with Gasteiger partial charge in [-0.25, -0.2) is 19.6 Å². The standard InChI is InChI=1S/C11H20O9/c1-15-18-6-7-9(17-5-3-4-12)8(13)10(20-16-2)11(14)19-7/h3,5,7-14H,4,6H2,1-2H3/b5-3+/t7-,8+,9-,10-,11-/m1/s1. The molecule has 1 rings (SSSR count). The van der Waals surface area contributed by atoms with E-state index in [0.717, 1.165) is 0 Å². The first-order valence-electron chi connectivity index (χ1n) is 5.93. The first-order valence-corrected chi connectivity index (χ1v) is 5.93. The molecule has 0 unspecified atom stereocenters. The Morgan fingerprint density at radius 3 is 2.50 bits per heavy atom. The van der Waals surface area contributed by atoms with Crippen LogP contribution >= 0.6 is 0 Å². The summed E-state index contributed by atoms with van der Waals surface area (Å²) in [7, 11) is 2.55. The molecule has 0 bridgehead atoms. The molecule has 118 valence electrons.